The van der Waals surface area contributed by atoms with Crippen LogP contribution in [0.25, 0.3) is 11.0 Å². The first-order chi connectivity index (χ1) is 11.4. The number of pyridine rings is 1. The van der Waals surface area contributed by atoms with Gasteiger partial charge in [-0.2, -0.15) is 0 Å². The van der Waals surface area contributed by atoms with Crippen molar-refractivity contribution in [1.29, 1.82) is 0 Å². The van der Waals surface area contributed by atoms with Gasteiger partial charge >= 0.3 is 0 Å². The average Bonchev–Trinajstić information content (AvgIpc) is 2.63. The lowest BCUT2D eigenvalue weighted by molar-refractivity contribution is 0.249. The van der Waals surface area contributed by atoms with Crippen molar-refractivity contribution in [3.63, 3.8) is 0 Å². The Hall–Kier alpha value is -2.53. The number of benzene rings is 1. The molecule has 5 nitrogen and oxygen atoms in total. The fraction of sp³-hybridized carbons (Fsp3) is 0.278. The van der Waals surface area contributed by atoms with Crippen molar-refractivity contribution in [1.82, 2.24) is 19.9 Å². The molecule has 0 aliphatic carbocycles. The molecule has 4 rings (SSSR count). The van der Waals surface area contributed by atoms with Gasteiger partial charge in [-0.3, -0.25) is 4.90 Å². The number of nitrogens with zero attached hydrogens (tertiary/aromatic N) is 5. The van der Waals surface area contributed by atoms with Gasteiger partial charge < -0.3 is 4.90 Å². The largest absolute Gasteiger partial charge is 0.353 e. The highest BCUT2D eigenvalue weighted by Gasteiger charge is 2.20. The number of hydrogen-bond donors (Lipinski definition) is 0. The zero-order chi connectivity index (χ0) is 15.5. The first-order valence-electron chi connectivity index (χ1n) is 7.97. The molecule has 1 aliphatic heterocycles. The van der Waals surface area contributed by atoms with E-state index in [-0.39, 0.29) is 0 Å². The summed E-state index contributed by atoms with van der Waals surface area (Å²) in [5, 5.41) is 1.03. The van der Waals surface area contributed by atoms with Crippen LogP contribution in [-0.4, -0.2) is 46.0 Å². The molecular formula is C18H19N5. The van der Waals surface area contributed by atoms with E-state index >= 15 is 0 Å². The van der Waals surface area contributed by atoms with Gasteiger partial charge in [0, 0.05) is 38.9 Å². The molecule has 116 valence electrons. The Bertz CT molecular complexity index is 776. The van der Waals surface area contributed by atoms with E-state index < -0.39 is 0 Å². The molecule has 0 saturated carbocycles. The number of rotatable bonds is 3. The van der Waals surface area contributed by atoms with Crippen LogP contribution in [0.4, 0.5) is 5.82 Å². The Kier molecular flexibility index (Phi) is 3.86. The van der Waals surface area contributed by atoms with Crippen molar-refractivity contribution >= 4 is 16.9 Å². The molecule has 0 spiro atoms. The molecule has 0 amide bonds. The molecule has 0 unspecified atom stereocenters. The van der Waals surface area contributed by atoms with Gasteiger partial charge in [-0.15, -0.1) is 0 Å². The summed E-state index contributed by atoms with van der Waals surface area (Å²) in [6.07, 6.45) is 3.39. The van der Waals surface area contributed by atoms with Crippen LogP contribution in [0.1, 0.15) is 5.56 Å². The molecular weight excluding hydrogens is 286 g/mol. The first-order valence-corrected chi connectivity index (χ1v) is 7.97. The predicted molar refractivity (Wildman–Crippen MR) is 91.3 cm³/mol. The van der Waals surface area contributed by atoms with Gasteiger partial charge in [0.05, 0.1) is 5.39 Å². The fourth-order valence-electron chi connectivity index (χ4n) is 3.09. The minimum absolute atomic E-state index is 0.768. The lowest BCUT2D eigenvalue weighted by Gasteiger charge is -2.35. The second kappa shape index (κ2) is 6.30. The molecule has 5 heteroatoms. The minimum atomic E-state index is 0.768. The number of aromatic nitrogens is 3. The Morgan fingerprint density at radius 1 is 0.826 bits per heavy atom. The highest BCUT2D eigenvalue weighted by atomic mass is 15.3. The van der Waals surface area contributed by atoms with Crippen molar-refractivity contribution < 1.29 is 0 Å². The molecule has 23 heavy (non-hydrogen) atoms. The molecule has 1 aliphatic rings. The second-order valence-corrected chi connectivity index (χ2v) is 5.82. The van der Waals surface area contributed by atoms with Gasteiger partial charge in [-0.05, 0) is 17.7 Å². The zero-order valence-corrected chi connectivity index (χ0v) is 13.0. The molecule has 0 bridgehead atoms. The van der Waals surface area contributed by atoms with Crippen LogP contribution in [-0.2, 0) is 6.54 Å². The lowest BCUT2D eigenvalue weighted by Crippen LogP contribution is -2.46. The zero-order valence-electron chi connectivity index (χ0n) is 13.0. The normalized spacial score (nSPS) is 15.9. The van der Waals surface area contributed by atoms with Crippen LogP contribution in [0, 0.1) is 0 Å². The van der Waals surface area contributed by atoms with Gasteiger partial charge in [0.15, 0.2) is 5.65 Å². The average molecular weight is 305 g/mol. The molecule has 0 N–H and O–H groups in total. The van der Waals surface area contributed by atoms with E-state index in [2.05, 4.69) is 55.1 Å². The summed E-state index contributed by atoms with van der Waals surface area (Å²) < 4.78 is 0. The first kappa shape index (κ1) is 14.1. The Labute approximate surface area is 135 Å². The third-order valence-corrected chi connectivity index (χ3v) is 4.31. The van der Waals surface area contributed by atoms with Crippen molar-refractivity contribution in [3.05, 3.63) is 60.6 Å². The van der Waals surface area contributed by atoms with Crippen LogP contribution in [0.5, 0.6) is 0 Å². The quantitative estimate of drug-likeness (QED) is 0.743. The molecule has 2 aromatic heterocycles. The van der Waals surface area contributed by atoms with Crippen molar-refractivity contribution in [3.8, 4) is 0 Å². The topological polar surface area (TPSA) is 45.2 Å². The smallest absolute Gasteiger partial charge is 0.164 e. The van der Waals surface area contributed by atoms with E-state index in [1.807, 2.05) is 12.1 Å². The van der Waals surface area contributed by atoms with Crippen molar-refractivity contribution in [2.24, 2.45) is 0 Å². The van der Waals surface area contributed by atoms with E-state index in [0.717, 1.165) is 49.6 Å². The summed E-state index contributed by atoms with van der Waals surface area (Å²) in [5.74, 6) is 1.00. The maximum absolute atomic E-state index is 4.50. The summed E-state index contributed by atoms with van der Waals surface area (Å²) in [6.45, 7) is 5.06. The molecule has 3 aromatic rings. The summed E-state index contributed by atoms with van der Waals surface area (Å²) in [5.41, 5.74) is 2.14. The van der Waals surface area contributed by atoms with Crippen LogP contribution in [0.2, 0.25) is 0 Å². The summed E-state index contributed by atoms with van der Waals surface area (Å²) in [7, 11) is 0. The van der Waals surface area contributed by atoms with Gasteiger partial charge in [0.2, 0.25) is 0 Å². The predicted octanol–water partition coefficient (Wildman–Crippen LogP) is 2.35. The van der Waals surface area contributed by atoms with Gasteiger partial charge in [-0.25, -0.2) is 15.0 Å². The fourth-order valence-corrected chi connectivity index (χ4v) is 3.09. The van der Waals surface area contributed by atoms with Crippen molar-refractivity contribution in [2.45, 2.75) is 6.54 Å². The van der Waals surface area contributed by atoms with E-state index in [9.17, 15) is 0 Å². The number of anilines is 1. The van der Waals surface area contributed by atoms with Gasteiger partial charge in [0.25, 0.3) is 0 Å². The van der Waals surface area contributed by atoms with E-state index in [1.165, 1.54) is 5.56 Å². The van der Waals surface area contributed by atoms with Gasteiger partial charge in [-0.1, -0.05) is 30.3 Å². The van der Waals surface area contributed by atoms with Gasteiger partial charge in [0.1, 0.15) is 12.1 Å². The summed E-state index contributed by atoms with van der Waals surface area (Å²) in [6, 6.07) is 14.6. The Balaban J connectivity index is 1.47. The molecule has 0 radical (unpaired) electrons. The molecule has 1 saturated heterocycles. The van der Waals surface area contributed by atoms with E-state index in [4.69, 9.17) is 0 Å². The molecule has 1 fully saturated rings. The molecule has 3 heterocycles. The van der Waals surface area contributed by atoms with Crippen LogP contribution in [0.15, 0.2) is 55.0 Å². The van der Waals surface area contributed by atoms with Crippen LogP contribution < -0.4 is 4.90 Å². The summed E-state index contributed by atoms with van der Waals surface area (Å²) in [4.78, 5) is 17.9. The lowest BCUT2D eigenvalue weighted by atomic mass is 10.2. The summed E-state index contributed by atoms with van der Waals surface area (Å²) >= 11 is 0. The van der Waals surface area contributed by atoms with Crippen molar-refractivity contribution in [2.75, 3.05) is 31.1 Å². The number of fused-ring (bicyclic) bond motifs is 1. The van der Waals surface area contributed by atoms with E-state index in [1.54, 1.807) is 12.5 Å². The Morgan fingerprint density at radius 3 is 2.48 bits per heavy atom. The van der Waals surface area contributed by atoms with Crippen LogP contribution >= 0.6 is 0 Å². The third-order valence-electron chi connectivity index (χ3n) is 4.31. The van der Waals surface area contributed by atoms with Crippen LogP contribution in [0.3, 0.4) is 0 Å². The maximum Gasteiger partial charge on any atom is 0.164 e. The Morgan fingerprint density at radius 2 is 1.65 bits per heavy atom. The van der Waals surface area contributed by atoms with E-state index in [0.29, 0.717) is 0 Å². The number of piperazine rings is 1. The maximum atomic E-state index is 4.50. The molecule has 0 atom stereocenters. The number of hydrogen-bond acceptors (Lipinski definition) is 5. The highest BCUT2D eigenvalue weighted by Crippen LogP contribution is 2.22. The standard InChI is InChI=1S/C18H19N5/c1-2-5-15(6-3-1)13-22-9-11-23(12-10-22)18-16-7-4-8-19-17(16)20-14-21-18/h1-8,14H,9-13H2. The monoisotopic (exact) mass is 305 g/mol. The SMILES string of the molecule is c1ccc(CN2CCN(c3ncnc4ncccc34)CC2)cc1. The highest BCUT2D eigenvalue weighted by molar-refractivity contribution is 5.86. The second-order valence-electron chi connectivity index (χ2n) is 5.82. The third kappa shape index (κ3) is 3.00. The minimum Gasteiger partial charge on any atom is -0.353 e. The molecule has 1 aromatic carbocycles.